The van der Waals surface area contributed by atoms with E-state index >= 15 is 0 Å². The minimum Gasteiger partial charge on any atom is -0.448 e. The smallest absolute Gasteiger partial charge is 0.409 e. The predicted octanol–water partition coefficient (Wildman–Crippen LogP) is 2.39. The quantitative estimate of drug-likeness (QED) is 0.801. The first kappa shape index (κ1) is 11.7. The molecule has 4 nitrogen and oxygen atoms in total. The van der Waals surface area contributed by atoms with Crippen LogP contribution in [0.25, 0.3) is 0 Å². The number of thioether (sulfide) groups is 1. The molecule has 0 aliphatic carbocycles. The highest BCUT2D eigenvalue weighted by Crippen LogP contribution is 2.24. The average Bonchev–Trinajstić information content (AvgIpc) is 2.67. The molecule has 6 heteroatoms. The normalized spacial score (nSPS) is 15.3. The summed E-state index contributed by atoms with van der Waals surface area (Å²) >= 11 is 5.06. The number of carbonyl (C=O) groups excluding carboxylic acids is 1. The van der Waals surface area contributed by atoms with E-state index in [4.69, 9.17) is 4.74 Å². The summed E-state index contributed by atoms with van der Waals surface area (Å²) in [6, 6.07) is 3.84. The van der Waals surface area contributed by atoms with Gasteiger partial charge in [0.15, 0.2) is 0 Å². The highest BCUT2D eigenvalue weighted by atomic mass is 79.9. The van der Waals surface area contributed by atoms with Crippen molar-refractivity contribution in [3.05, 3.63) is 22.8 Å². The van der Waals surface area contributed by atoms with Crippen LogP contribution >= 0.6 is 27.7 Å². The van der Waals surface area contributed by atoms with Crippen molar-refractivity contribution >= 4 is 33.8 Å². The number of hydrogen-bond donors (Lipinski definition) is 0. The molecular formula is C10H11BrN2O2S. The lowest BCUT2D eigenvalue weighted by molar-refractivity contribution is 0.160. The number of hydrogen-bond acceptors (Lipinski definition) is 4. The summed E-state index contributed by atoms with van der Waals surface area (Å²) in [6.45, 7) is 1.91. The molecule has 0 aromatic carbocycles. The standard InChI is InChI=1S/C10H11BrN2O2S/c11-8-2-1-3-12-9(8)16-7-5-13-4-6-15-10(13)14/h1-3H,4-7H2. The fourth-order valence-corrected chi connectivity index (χ4v) is 2.80. The number of rotatable bonds is 4. The Hall–Kier alpha value is -0.750. The number of amides is 1. The van der Waals surface area contributed by atoms with Crippen molar-refractivity contribution in [2.75, 3.05) is 25.4 Å². The molecule has 2 rings (SSSR count). The van der Waals surface area contributed by atoms with Gasteiger partial charge in [0.05, 0.1) is 6.54 Å². The highest BCUT2D eigenvalue weighted by molar-refractivity contribution is 9.10. The van der Waals surface area contributed by atoms with Gasteiger partial charge in [0.2, 0.25) is 0 Å². The topological polar surface area (TPSA) is 42.4 Å². The van der Waals surface area contributed by atoms with Crippen LogP contribution in [0.1, 0.15) is 0 Å². The van der Waals surface area contributed by atoms with Crippen LogP contribution < -0.4 is 0 Å². The van der Waals surface area contributed by atoms with Crippen molar-refractivity contribution in [2.45, 2.75) is 5.03 Å². The molecule has 0 unspecified atom stereocenters. The van der Waals surface area contributed by atoms with Gasteiger partial charge in [-0.2, -0.15) is 0 Å². The van der Waals surface area contributed by atoms with Crippen LogP contribution in [0.15, 0.2) is 27.8 Å². The maximum atomic E-state index is 11.2. The minimum atomic E-state index is -0.208. The predicted molar refractivity (Wildman–Crippen MR) is 65.6 cm³/mol. The molecule has 0 radical (unpaired) electrons. The Morgan fingerprint density at radius 1 is 1.62 bits per heavy atom. The van der Waals surface area contributed by atoms with Gasteiger partial charge < -0.3 is 9.64 Å². The van der Waals surface area contributed by atoms with Crippen LogP contribution in [0.4, 0.5) is 4.79 Å². The number of cyclic esters (lactones) is 1. The van der Waals surface area contributed by atoms with Gasteiger partial charge in [0, 0.05) is 23.0 Å². The SMILES string of the molecule is O=C1OCCN1CCSc1ncccc1Br. The Labute approximate surface area is 106 Å². The van der Waals surface area contributed by atoms with E-state index < -0.39 is 0 Å². The first-order valence-corrected chi connectivity index (χ1v) is 6.70. The van der Waals surface area contributed by atoms with E-state index in [-0.39, 0.29) is 6.09 Å². The Balaban J connectivity index is 1.80. The zero-order chi connectivity index (χ0) is 11.4. The molecular weight excluding hydrogens is 292 g/mol. The number of nitrogens with zero attached hydrogens (tertiary/aromatic N) is 2. The molecule has 0 saturated carbocycles. The molecule has 1 aromatic heterocycles. The zero-order valence-corrected chi connectivity index (χ0v) is 11.0. The molecule has 1 aromatic rings. The lowest BCUT2D eigenvalue weighted by Gasteiger charge is -2.11. The fraction of sp³-hybridized carbons (Fsp3) is 0.400. The second-order valence-corrected chi connectivity index (χ2v) is 5.18. The summed E-state index contributed by atoms with van der Waals surface area (Å²) in [6.07, 6.45) is 1.55. The highest BCUT2D eigenvalue weighted by Gasteiger charge is 2.21. The van der Waals surface area contributed by atoms with Gasteiger partial charge >= 0.3 is 6.09 Å². The number of carbonyl (C=O) groups is 1. The van der Waals surface area contributed by atoms with Crippen molar-refractivity contribution < 1.29 is 9.53 Å². The molecule has 1 aliphatic heterocycles. The summed E-state index contributed by atoms with van der Waals surface area (Å²) in [5.74, 6) is 0.824. The zero-order valence-electron chi connectivity index (χ0n) is 8.56. The van der Waals surface area contributed by atoms with E-state index in [0.717, 1.165) is 15.3 Å². The second kappa shape index (κ2) is 5.54. The summed E-state index contributed by atoms with van der Waals surface area (Å²) in [5, 5.41) is 0.954. The van der Waals surface area contributed by atoms with Gasteiger partial charge in [-0.05, 0) is 28.1 Å². The maximum Gasteiger partial charge on any atom is 0.409 e. The molecule has 1 aliphatic rings. The molecule has 1 fully saturated rings. The number of pyridine rings is 1. The van der Waals surface area contributed by atoms with E-state index in [1.807, 2.05) is 12.1 Å². The number of ether oxygens (including phenoxy) is 1. The van der Waals surface area contributed by atoms with Crippen molar-refractivity contribution in [1.82, 2.24) is 9.88 Å². The molecule has 0 N–H and O–H groups in total. The largest absolute Gasteiger partial charge is 0.448 e. The van der Waals surface area contributed by atoms with Crippen LogP contribution in [-0.4, -0.2) is 41.4 Å². The van der Waals surface area contributed by atoms with Gasteiger partial charge in [0.25, 0.3) is 0 Å². The molecule has 0 atom stereocenters. The third-order valence-corrected chi connectivity index (χ3v) is 4.06. The van der Waals surface area contributed by atoms with Gasteiger partial charge in [-0.25, -0.2) is 9.78 Å². The van der Waals surface area contributed by atoms with Crippen LogP contribution in [0, 0.1) is 0 Å². The summed E-state index contributed by atoms with van der Waals surface area (Å²) in [7, 11) is 0. The van der Waals surface area contributed by atoms with Crippen LogP contribution in [0.2, 0.25) is 0 Å². The van der Waals surface area contributed by atoms with E-state index in [0.29, 0.717) is 19.7 Å². The lowest BCUT2D eigenvalue weighted by atomic mass is 10.5. The Morgan fingerprint density at radius 3 is 3.19 bits per heavy atom. The Kier molecular flexibility index (Phi) is 4.06. The van der Waals surface area contributed by atoms with Gasteiger partial charge in [-0.15, -0.1) is 11.8 Å². The molecule has 0 spiro atoms. The lowest BCUT2D eigenvalue weighted by Crippen LogP contribution is -2.26. The monoisotopic (exact) mass is 302 g/mol. The van der Waals surface area contributed by atoms with Crippen LogP contribution in [0.3, 0.4) is 0 Å². The number of halogens is 1. The first-order valence-electron chi connectivity index (χ1n) is 4.92. The van der Waals surface area contributed by atoms with E-state index in [9.17, 15) is 4.79 Å². The molecule has 2 heterocycles. The average molecular weight is 303 g/mol. The van der Waals surface area contributed by atoms with Gasteiger partial charge in [0.1, 0.15) is 11.6 Å². The first-order chi connectivity index (χ1) is 7.77. The number of aromatic nitrogens is 1. The minimum absolute atomic E-state index is 0.208. The second-order valence-electron chi connectivity index (χ2n) is 3.24. The third-order valence-electron chi connectivity index (χ3n) is 2.17. The fourth-order valence-electron chi connectivity index (χ4n) is 1.36. The molecule has 1 saturated heterocycles. The van der Waals surface area contributed by atoms with E-state index in [2.05, 4.69) is 20.9 Å². The van der Waals surface area contributed by atoms with Crippen molar-refractivity contribution in [3.8, 4) is 0 Å². The summed E-state index contributed by atoms with van der Waals surface area (Å²) in [4.78, 5) is 17.1. The van der Waals surface area contributed by atoms with E-state index in [1.54, 1.807) is 22.9 Å². The van der Waals surface area contributed by atoms with Crippen molar-refractivity contribution in [2.24, 2.45) is 0 Å². The molecule has 86 valence electrons. The maximum absolute atomic E-state index is 11.2. The van der Waals surface area contributed by atoms with Crippen molar-refractivity contribution in [3.63, 3.8) is 0 Å². The summed E-state index contributed by atoms with van der Waals surface area (Å²) < 4.78 is 5.83. The molecule has 16 heavy (non-hydrogen) atoms. The van der Waals surface area contributed by atoms with Crippen molar-refractivity contribution in [1.29, 1.82) is 0 Å². The summed E-state index contributed by atoms with van der Waals surface area (Å²) in [5.41, 5.74) is 0. The van der Waals surface area contributed by atoms with E-state index in [1.165, 1.54) is 0 Å². The molecule has 1 amide bonds. The van der Waals surface area contributed by atoms with Crippen LogP contribution in [0.5, 0.6) is 0 Å². The Bertz CT molecular complexity index is 389. The van der Waals surface area contributed by atoms with Gasteiger partial charge in [-0.1, -0.05) is 0 Å². The molecule has 0 bridgehead atoms. The third kappa shape index (κ3) is 2.89. The Morgan fingerprint density at radius 2 is 2.50 bits per heavy atom. The van der Waals surface area contributed by atoms with Gasteiger partial charge in [-0.3, -0.25) is 0 Å². The van der Waals surface area contributed by atoms with Crippen LogP contribution in [-0.2, 0) is 4.74 Å².